The van der Waals surface area contributed by atoms with Crippen LogP contribution in [0.15, 0.2) is 59.6 Å². The van der Waals surface area contributed by atoms with Gasteiger partial charge in [0, 0.05) is 6.21 Å². The third-order valence-electron chi connectivity index (χ3n) is 3.43. The summed E-state index contributed by atoms with van der Waals surface area (Å²) in [5.41, 5.74) is 1.07. The zero-order valence-corrected chi connectivity index (χ0v) is 13.9. The highest BCUT2D eigenvalue weighted by atomic mass is 35.5. The van der Waals surface area contributed by atoms with Crippen LogP contribution < -0.4 is 10.2 Å². The summed E-state index contributed by atoms with van der Waals surface area (Å²) < 4.78 is 0. The summed E-state index contributed by atoms with van der Waals surface area (Å²) in [5, 5.41) is 3.02. The fourth-order valence-corrected chi connectivity index (χ4v) is 2.74. The number of aliphatic imine (C=N–C) groups is 1. The number of rotatable bonds is 3. The van der Waals surface area contributed by atoms with Crippen LogP contribution in [0.3, 0.4) is 0 Å². The van der Waals surface area contributed by atoms with Crippen LogP contribution in [0.2, 0.25) is 5.02 Å². The Labute approximate surface area is 148 Å². The highest BCUT2D eigenvalue weighted by Gasteiger charge is 2.38. The van der Waals surface area contributed by atoms with Crippen molar-refractivity contribution in [1.82, 2.24) is 5.32 Å². The van der Waals surface area contributed by atoms with Crippen molar-refractivity contribution in [2.75, 3.05) is 4.90 Å². The van der Waals surface area contributed by atoms with E-state index in [0.29, 0.717) is 16.4 Å². The third-order valence-corrected chi connectivity index (χ3v) is 4.04. The Balaban J connectivity index is 1.90. The molecule has 2 aromatic rings. The molecule has 24 heavy (non-hydrogen) atoms. The first kappa shape index (κ1) is 16.3. The predicted molar refractivity (Wildman–Crippen MR) is 97.8 cm³/mol. The summed E-state index contributed by atoms with van der Waals surface area (Å²) in [6.07, 6.45) is 1.29. The second-order valence-corrected chi connectivity index (χ2v) is 5.80. The fourth-order valence-electron chi connectivity index (χ4n) is 2.25. The van der Waals surface area contributed by atoms with Crippen LogP contribution in [0, 0.1) is 5.92 Å². The summed E-state index contributed by atoms with van der Waals surface area (Å²) in [7, 11) is 0. The summed E-state index contributed by atoms with van der Waals surface area (Å²) in [5.74, 6) is -2.04. The number of para-hydroxylation sites is 2. The molecule has 5 nitrogen and oxygen atoms in total. The molecule has 1 aliphatic rings. The second-order valence-electron chi connectivity index (χ2n) is 5.01. The monoisotopic (exact) mass is 357 g/mol. The van der Waals surface area contributed by atoms with E-state index in [1.807, 2.05) is 6.07 Å². The maximum Gasteiger partial charge on any atom is 0.251 e. The van der Waals surface area contributed by atoms with E-state index in [9.17, 15) is 9.59 Å². The van der Waals surface area contributed by atoms with Crippen LogP contribution in [0.25, 0.3) is 0 Å². The van der Waals surface area contributed by atoms with Crippen molar-refractivity contribution in [3.8, 4) is 0 Å². The standard InChI is InChI=1S/C17H12ClN3O2S/c18-13-8-4-5-9-14(13)19-10-12-15(22)20-17(24)21(16(12)23)11-6-2-1-3-7-11/h1-10,12H,(H,20,22,24)/t12-/m1/s1. The number of hydrogen-bond donors (Lipinski definition) is 1. The number of thiocarbonyl (C=S) groups is 1. The minimum absolute atomic E-state index is 0.0543. The van der Waals surface area contributed by atoms with E-state index in [0.717, 1.165) is 0 Å². The SMILES string of the molecule is O=C1NC(=S)N(c2ccccc2)C(=O)[C@@H]1C=Nc1ccccc1Cl. The first-order valence-corrected chi connectivity index (χ1v) is 7.89. The van der Waals surface area contributed by atoms with Gasteiger partial charge in [0.1, 0.15) is 0 Å². The summed E-state index contributed by atoms with van der Waals surface area (Å²) in [6, 6.07) is 15.8. The van der Waals surface area contributed by atoms with Crippen molar-refractivity contribution in [3.05, 3.63) is 59.6 Å². The molecule has 1 aliphatic heterocycles. The first-order valence-electron chi connectivity index (χ1n) is 7.10. The molecular weight excluding hydrogens is 346 g/mol. The Morgan fingerprint density at radius 3 is 2.46 bits per heavy atom. The van der Waals surface area contributed by atoms with Gasteiger partial charge in [0.2, 0.25) is 5.91 Å². The minimum Gasteiger partial charge on any atom is -0.301 e. The molecule has 2 amide bonds. The van der Waals surface area contributed by atoms with Crippen LogP contribution in [0.1, 0.15) is 0 Å². The largest absolute Gasteiger partial charge is 0.301 e. The minimum atomic E-state index is -1.08. The molecule has 0 unspecified atom stereocenters. The number of hydrogen-bond acceptors (Lipinski definition) is 4. The number of nitrogens with zero attached hydrogens (tertiary/aromatic N) is 2. The maximum absolute atomic E-state index is 12.7. The van der Waals surface area contributed by atoms with Crippen LogP contribution in [0.5, 0.6) is 0 Å². The van der Waals surface area contributed by atoms with E-state index < -0.39 is 17.7 Å². The average Bonchev–Trinajstić information content (AvgIpc) is 2.57. The second kappa shape index (κ2) is 6.90. The van der Waals surface area contributed by atoms with Crippen molar-refractivity contribution in [1.29, 1.82) is 0 Å². The molecule has 0 aliphatic carbocycles. The van der Waals surface area contributed by atoms with Crippen LogP contribution >= 0.6 is 23.8 Å². The van der Waals surface area contributed by atoms with Gasteiger partial charge in [-0.25, -0.2) is 0 Å². The molecule has 1 saturated heterocycles. The van der Waals surface area contributed by atoms with E-state index in [-0.39, 0.29) is 5.11 Å². The lowest BCUT2D eigenvalue weighted by Gasteiger charge is -2.30. The highest BCUT2D eigenvalue weighted by Crippen LogP contribution is 2.25. The topological polar surface area (TPSA) is 61.8 Å². The summed E-state index contributed by atoms with van der Waals surface area (Å²) in [6.45, 7) is 0. The van der Waals surface area contributed by atoms with Gasteiger partial charge in [-0.1, -0.05) is 41.9 Å². The Kier molecular flexibility index (Phi) is 4.69. The predicted octanol–water partition coefficient (Wildman–Crippen LogP) is 3.11. The quantitative estimate of drug-likeness (QED) is 0.521. The summed E-state index contributed by atoms with van der Waals surface area (Å²) >= 11 is 11.2. The molecule has 1 fully saturated rings. The number of benzene rings is 2. The van der Waals surface area contributed by atoms with E-state index in [1.165, 1.54) is 11.1 Å². The number of carbonyl (C=O) groups is 2. The molecule has 3 rings (SSSR count). The number of halogens is 1. The third kappa shape index (κ3) is 3.20. The van der Waals surface area contributed by atoms with Gasteiger partial charge in [-0.2, -0.15) is 0 Å². The molecule has 1 heterocycles. The molecule has 1 atom stereocenters. The molecule has 0 aromatic heterocycles. The van der Waals surface area contributed by atoms with E-state index in [2.05, 4.69) is 10.3 Å². The van der Waals surface area contributed by atoms with Gasteiger partial charge in [0.25, 0.3) is 5.91 Å². The molecule has 0 radical (unpaired) electrons. The number of nitrogens with one attached hydrogen (secondary N) is 1. The van der Waals surface area contributed by atoms with Crippen LogP contribution in [-0.4, -0.2) is 23.1 Å². The molecule has 7 heteroatoms. The Bertz CT molecular complexity index is 839. The number of carbonyl (C=O) groups excluding carboxylic acids is 2. The number of anilines is 1. The molecule has 0 bridgehead atoms. The van der Waals surface area contributed by atoms with Crippen molar-refractivity contribution >= 4 is 58.3 Å². The van der Waals surface area contributed by atoms with Crippen LogP contribution in [0.4, 0.5) is 11.4 Å². The normalized spacial score (nSPS) is 18.1. The Hall–Kier alpha value is -2.57. The smallest absolute Gasteiger partial charge is 0.251 e. The van der Waals surface area contributed by atoms with Crippen molar-refractivity contribution in [2.24, 2.45) is 10.9 Å². The van der Waals surface area contributed by atoms with E-state index in [4.69, 9.17) is 23.8 Å². The van der Waals surface area contributed by atoms with Crippen LogP contribution in [-0.2, 0) is 9.59 Å². The summed E-state index contributed by atoms with van der Waals surface area (Å²) in [4.78, 5) is 30.3. The van der Waals surface area contributed by atoms with Gasteiger partial charge in [-0.05, 0) is 36.5 Å². The Morgan fingerprint density at radius 1 is 1.08 bits per heavy atom. The maximum atomic E-state index is 12.7. The lowest BCUT2D eigenvalue weighted by atomic mass is 10.1. The fraction of sp³-hybridized carbons (Fsp3) is 0.0588. The molecule has 2 aromatic carbocycles. The average molecular weight is 358 g/mol. The van der Waals surface area contributed by atoms with Gasteiger partial charge >= 0.3 is 0 Å². The van der Waals surface area contributed by atoms with E-state index >= 15 is 0 Å². The molecular formula is C17H12ClN3O2S. The zero-order chi connectivity index (χ0) is 17.1. The van der Waals surface area contributed by atoms with Gasteiger partial charge in [0.05, 0.1) is 16.4 Å². The molecule has 120 valence electrons. The van der Waals surface area contributed by atoms with Crippen molar-refractivity contribution in [3.63, 3.8) is 0 Å². The van der Waals surface area contributed by atoms with Gasteiger partial charge in [-0.15, -0.1) is 0 Å². The molecule has 0 saturated carbocycles. The number of amides is 2. The zero-order valence-electron chi connectivity index (χ0n) is 12.3. The van der Waals surface area contributed by atoms with Gasteiger partial charge < -0.3 is 5.32 Å². The van der Waals surface area contributed by atoms with Crippen molar-refractivity contribution in [2.45, 2.75) is 0 Å². The first-order chi connectivity index (χ1) is 11.6. The lowest BCUT2D eigenvalue weighted by Crippen LogP contribution is -2.58. The van der Waals surface area contributed by atoms with Gasteiger partial charge in [-0.3, -0.25) is 19.5 Å². The Morgan fingerprint density at radius 2 is 1.75 bits per heavy atom. The highest BCUT2D eigenvalue weighted by molar-refractivity contribution is 7.80. The van der Waals surface area contributed by atoms with Crippen molar-refractivity contribution < 1.29 is 9.59 Å². The van der Waals surface area contributed by atoms with E-state index in [1.54, 1.807) is 48.5 Å². The molecule has 0 spiro atoms. The lowest BCUT2D eigenvalue weighted by molar-refractivity contribution is -0.130. The molecule has 1 N–H and O–H groups in total. The van der Waals surface area contributed by atoms with Gasteiger partial charge in [0.15, 0.2) is 11.0 Å².